The summed E-state index contributed by atoms with van der Waals surface area (Å²) in [4.78, 5) is 0. The lowest BCUT2D eigenvalue weighted by atomic mass is 9.97. The third kappa shape index (κ3) is 2.65. The van der Waals surface area contributed by atoms with Crippen LogP contribution in [0.3, 0.4) is 0 Å². The van der Waals surface area contributed by atoms with E-state index in [1.165, 1.54) is 0 Å². The molecular weight excluding hydrogens is 255 g/mol. The van der Waals surface area contributed by atoms with Gasteiger partial charge in [-0.3, -0.25) is 0 Å². The topological polar surface area (TPSA) is 12.0 Å². The summed E-state index contributed by atoms with van der Waals surface area (Å²) in [5.74, 6) is -0.985. The summed E-state index contributed by atoms with van der Waals surface area (Å²) >= 11 is 5.78. The van der Waals surface area contributed by atoms with Gasteiger partial charge in [-0.15, -0.1) is 12.4 Å². The first-order valence-corrected chi connectivity index (χ1v) is 5.44. The summed E-state index contributed by atoms with van der Waals surface area (Å²) in [6.45, 7) is 0.830. The zero-order valence-corrected chi connectivity index (χ0v) is 10.2. The molecule has 0 bridgehead atoms. The van der Waals surface area contributed by atoms with Crippen molar-refractivity contribution in [3.05, 3.63) is 34.4 Å². The minimum atomic E-state index is -0.555. The van der Waals surface area contributed by atoms with Crippen molar-refractivity contribution in [2.24, 2.45) is 0 Å². The van der Waals surface area contributed by atoms with Crippen LogP contribution in [-0.2, 0) is 0 Å². The van der Waals surface area contributed by atoms with E-state index in [0.717, 1.165) is 37.9 Å². The van der Waals surface area contributed by atoms with E-state index in [4.69, 9.17) is 11.6 Å². The molecule has 0 spiro atoms. The Morgan fingerprint density at radius 2 is 1.88 bits per heavy atom. The summed E-state index contributed by atoms with van der Waals surface area (Å²) in [5.41, 5.74) is 0.274. The molecule has 0 unspecified atom stereocenters. The smallest absolute Gasteiger partial charge is 0.142 e. The van der Waals surface area contributed by atoms with Crippen LogP contribution >= 0.6 is 24.0 Å². The number of rotatable bonds is 1. The fourth-order valence-electron chi connectivity index (χ4n) is 1.96. The van der Waals surface area contributed by atoms with Gasteiger partial charge in [-0.1, -0.05) is 18.0 Å². The van der Waals surface area contributed by atoms with Crippen molar-refractivity contribution >= 4 is 24.0 Å². The van der Waals surface area contributed by atoms with Crippen molar-refractivity contribution in [2.75, 3.05) is 6.54 Å². The SMILES string of the molecule is Cl.Fc1ccc(F)c([C@H]2CCCCN2)c1Cl. The number of hydrogen-bond acceptors (Lipinski definition) is 1. The number of piperidine rings is 1. The van der Waals surface area contributed by atoms with Gasteiger partial charge in [-0.2, -0.15) is 0 Å². The molecule has 16 heavy (non-hydrogen) atoms. The van der Waals surface area contributed by atoms with Gasteiger partial charge in [0, 0.05) is 11.6 Å². The van der Waals surface area contributed by atoms with Gasteiger partial charge in [0.15, 0.2) is 0 Å². The van der Waals surface area contributed by atoms with Gasteiger partial charge in [-0.25, -0.2) is 8.78 Å². The van der Waals surface area contributed by atoms with Crippen molar-refractivity contribution in [3.8, 4) is 0 Å². The minimum Gasteiger partial charge on any atom is -0.310 e. The molecule has 0 aromatic heterocycles. The van der Waals surface area contributed by atoms with E-state index in [1.807, 2.05) is 0 Å². The lowest BCUT2D eigenvalue weighted by molar-refractivity contribution is 0.398. The van der Waals surface area contributed by atoms with Crippen LogP contribution in [0.5, 0.6) is 0 Å². The van der Waals surface area contributed by atoms with Crippen LogP contribution in [0, 0.1) is 11.6 Å². The molecule has 0 radical (unpaired) electrons. The molecule has 1 heterocycles. The van der Waals surface area contributed by atoms with Crippen LogP contribution in [0.2, 0.25) is 5.02 Å². The highest BCUT2D eigenvalue weighted by Crippen LogP contribution is 2.32. The molecule has 1 aliphatic rings. The molecule has 2 rings (SSSR count). The second-order valence-electron chi connectivity index (χ2n) is 3.76. The second-order valence-corrected chi connectivity index (χ2v) is 4.14. The summed E-state index contributed by atoms with van der Waals surface area (Å²) in [6, 6.07) is 2.04. The fourth-order valence-corrected chi connectivity index (χ4v) is 2.25. The van der Waals surface area contributed by atoms with E-state index < -0.39 is 11.6 Å². The molecule has 0 amide bonds. The molecule has 90 valence electrons. The molecular formula is C11H13Cl2F2N. The largest absolute Gasteiger partial charge is 0.310 e. The zero-order chi connectivity index (χ0) is 10.8. The average Bonchev–Trinajstić information content (AvgIpc) is 2.26. The van der Waals surface area contributed by atoms with E-state index in [2.05, 4.69) is 5.32 Å². The maximum absolute atomic E-state index is 13.5. The molecule has 1 nitrogen and oxygen atoms in total. The van der Waals surface area contributed by atoms with Crippen molar-refractivity contribution in [3.63, 3.8) is 0 Å². The standard InChI is InChI=1S/C11H12ClF2N.ClH/c12-11-8(14)5-4-7(13)10(11)9-3-1-2-6-15-9;/h4-5,9,15H,1-3,6H2;1H/t9-;/m1./s1. The van der Waals surface area contributed by atoms with Gasteiger partial charge in [0.05, 0.1) is 5.02 Å². The Balaban J connectivity index is 0.00000128. The van der Waals surface area contributed by atoms with Crippen LogP contribution in [0.15, 0.2) is 12.1 Å². The highest BCUT2D eigenvalue weighted by molar-refractivity contribution is 6.31. The monoisotopic (exact) mass is 267 g/mol. The number of hydrogen-bond donors (Lipinski definition) is 1. The summed E-state index contributed by atoms with van der Waals surface area (Å²) in [6.07, 6.45) is 2.90. The van der Waals surface area contributed by atoms with Crippen LogP contribution in [0.4, 0.5) is 8.78 Å². The molecule has 1 N–H and O–H groups in total. The van der Waals surface area contributed by atoms with E-state index >= 15 is 0 Å². The lowest BCUT2D eigenvalue weighted by Gasteiger charge is -2.25. The van der Waals surface area contributed by atoms with Gasteiger partial charge >= 0.3 is 0 Å². The second kappa shape index (κ2) is 5.80. The normalized spacial score (nSPS) is 20.3. The summed E-state index contributed by atoms with van der Waals surface area (Å²) in [5, 5.41) is 3.06. The quantitative estimate of drug-likeness (QED) is 0.763. The first kappa shape index (κ1) is 13.7. The van der Waals surface area contributed by atoms with E-state index in [9.17, 15) is 8.78 Å². The fraction of sp³-hybridized carbons (Fsp3) is 0.455. The first-order valence-electron chi connectivity index (χ1n) is 5.07. The Labute approximate surface area is 105 Å². The maximum atomic E-state index is 13.5. The molecule has 1 aromatic rings. The maximum Gasteiger partial charge on any atom is 0.142 e. The van der Waals surface area contributed by atoms with Crippen molar-refractivity contribution in [2.45, 2.75) is 25.3 Å². The highest BCUT2D eigenvalue weighted by Gasteiger charge is 2.22. The minimum absolute atomic E-state index is 0. The van der Waals surface area contributed by atoms with Gasteiger partial charge in [0.2, 0.25) is 0 Å². The molecule has 1 fully saturated rings. The summed E-state index contributed by atoms with van der Waals surface area (Å²) in [7, 11) is 0. The molecule has 1 aromatic carbocycles. The van der Waals surface area contributed by atoms with Gasteiger partial charge < -0.3 is 5.32 Å². The Kier molecular flexibility index (Phi) is 4.96. The molecule has 1 atom stereocenters. The van der Waals surface area contributed by atoms with Gasteiger partial charge in [-0.05, 0) is 31.5 Å². The Hall–Kier alpha value is -0.380. The molecule has 1 aliphatic heterocycles. The van der Waals surface area contributed by atoms with Gasteiger partial charge in [0.25, 0.3) is 0 Å². The van der Waals surface area contributed by atoms with E-state index in [0.29, 0.717) is 0 Å². The lowest BCUT2D eigenvalue weighted by Crippen LogP contribution is -2.28. The number of benzene rings is 1. The predicted molar refractivity (Wildman–Crippen MR) is 63.2 cm³/mol. The third-order valence-electron chi connectivity index (χ3n) is 2.74. The Morgan fingerprint density at radius 3 is 2.50 bits per heavy atom. The number of nitrogens with one attached hydrogen (secondary N) is 1. The van der Waals surface area contributed by atoms with E-state index in [-0.39, 0.29) is 29.0 Å². The van der Waals surface area contributed by atoms with Crippen molar-refractivity contribution < 1.29 is 8.78 Å². The van der Waals surface area contributed by atoms with Gasteiger partial charge in [0.1, 0.15) is 11.6 Å². The zero-order valence-electron chi connectivity index (χ0n) is 8.60. The Bertz CT molecular complexity index is 365. The molecule has 0 aliphatic carbocycles. The number of halogens is 4. The third-order valence-corrected chi connectivity index (χ3v) is 3.12. The first-order chi connectivity index (χ1) is 7.20. The molecule has 5 heteroatoms. The van der Waals surface area contributed by atoms with Crippen molar-refractivity contribution in [1.82, 2.24) is 5.32 Å². The van der Waals surface area contributed by atoms with Crippen molar-refractivity contribution in [1.29, 1.82) is 0 Å². The highest BCUT2D eigenvalue weighted by atomic mass is 35.5. The molecule has 1 saturated heterocycles. The van der Waals surface area contributed by atoms with Crippen LogP contribution in [-0.4, -0.2) is 6.54 Å². The summed E-state index contributed by atoms with van der Waals surface area (Å²) < 4.78 is 26.7. The van der Waals surface area contributed by atoms with Crippen LogP contribution in [0.25, 0.3) is 0 Å². The van der Waals surface area contributed by atoms with E-state index in [1.54, 1.807) is 0 Å². The predicted octanol–water partition coefficient (Wildman–Crippen LogP) is 3.85. The van der Waals surface area contributed by atoms with Crippen LogP contribution < -0.4 is 5.32 Å². The Morgan fingerprint density at radius 1 is 1.19 bits per heavy atom. The van der Waals surface area contributed by atoms with Crippen LogP contribution in [0.1, 0.15) is 30.9 Å². The molecule has 0 saturated carbocycles. The average molecular weight is 268 g/mol.